The predicted octanol–water partition coefficient (Wildman–Crippen LogP) is 2.93. The van der Waals surface area contributed by atoms with E-state index in [1.54, 1.807) is 13.2 Å². The van der Waals surface area contributed by atoms with Crippen LogP contribution in [0.2, 0.25) is 5.02 Å². The van der Waals surface area contributed by atoms with Crippen molar-refractivity contribution < 1.29 is 9.47 Å². The van der Waals surface area contributed by atoms with Crippen molar-refractivity contribution in [1.29, 1.82) is 0 Å². The highest BCUT2D eigenvalue weighted by atomic mass is 127. The van der Waals surface area contributed by atoms with Crippen LogP contribution in [0.3, 0.4) is 0 Å². The Hall–Kier alpha value is -0.730. The first kappa shape index (κ1) is 21.3. The van der Waals surface area contributed by atoms with E-state index in [1.807, 2.05) is 25.1 Å². The molecule has 1 aromatic rings. The Balaban J connectivity index is 0.00000441. The Morgan fingerprint density at radius 3 is 2.77 bits per heavy atom. The maximum absolute atomic E-state index is 5.90. The van der Waals surface area contributed by atoms with E-state index in [2.05, 4.69) is 15.6 Å². The monoisotopic (exact) mass is 441 g/mol. The zero-order valence-corrected chi connectivity index (χ0v) is 16.2. The number of aliphatic imine (C=N–C) groups is 1. The molecule has 126 valence electrons. The molecule has 5 nitrogen and oxygen atoms in total. The van der Waals surface area contributed by atoms with Gasteiger partial charge >= 0.3 is 0 Å². The molecular weight excluding hydrogens is 417 g/mol. The maximum atomic E-state index is 5.90. The van der Waals surface area contributed by atoms with Crippen LogP contribution in [0.25, 0.3) is 0 Å². The van der Waals surface area contributed by atoms with Crippen LogP contribution in [-0.2, 0) is 4.74 Å². The highest BCUT2D eigenvalue weighted by Crippen LogP contribution is 2.16. The second-order valence-electron chi connectivity index (χ2n) is 4.34. The Morgan fingerprint density at radius 1 is 1.27 bits per heavy atom. The van der Waals surface area contributed by atoms with E-state index >= 15 is 0 Å². The van der Waals surface area contributed by atoms with Gasteiger partial charge < -0.3 is 20.1 Å². The fourth-order valence-corrected chi connectivity index (χ4v) is 1.82. The van der Waals surface area contributed by atoms with E-state index in [0.29, 0.717) is 18.2 Å². The van der Waals surface area contributed by atoms with Crippen molar-refractivity contribution >= 4 is 41.5 Å². The van der Waals surface area contributed by atoms with E-state index in [0.717, 1.165) is 37.8 Å². The highest BCUT2D eigenvalue weighted by molar-refractivity contribution is 14.0. The van der Waals surface area contributed by atoms with Gasteiger partial charge in [0.1, 0.15) is 12.4 Å². The van der Waals surface area contributed by atoms with Crippen LogP contribution < -0.4 is 15.4 Å². The van der Waals surface area contributed by atoms with Gasteiger partial charge in [-0.2, -0.15) is 0 Å². The second kappa shape index (κ2) is 13.9. The lowest BCUT2D eigenvalue weighted by Crippen LogP contribution is -2.39. The van der Waals surface area contributed by atoms with Gasteiger partial charge in [-0.05, 0) is 31.5 Å². The van der Waals surface area contributed by atoms with Gasteiger partial charge in [0.2, 0.25) is 0 Å². The van der Waals surface area contributed by atoms with Gasteiger partial charge in [0, 0.05) is 31.8 Å². The molecule has 0 unspecified atom stereocenters. The molecular formula is C15H25ClIN3O2. The number of rotatable bonds is 9. The van der Waals surface area contributed by atoms with Crippen LogP contribution in [0.1, 0.15) is 13.3 Å². The molecule has 0 amide bonds. The topological polar surface area (TPSA) is 54.9 Å². The summed E-state index contributed by atoms with van der Waals surface area (Å²) in [7, 11) is 1.69. The zero-order chi connectivity index (χ0) is 15.3. The standard InChI is InChI=1S/C15H24ClN3O2.HI/c1-3-17-15(18-8-5-10-20-2)19-9-11-21-14-7-4-6-13(16)12-14;/h4,6-7,12H,3,5,8-11H2,1-2H3,(H2,17,18,19);1H. The lowest BCUT2D eigenvalue weighted by Gasteiger charge is -2.12. The Labute approximate surface area is 154 Å². The molecule has 0 aliphatic carbocycles. The Bertz CT molecular complexity index is 433. The quantitative estimate of drug-likeness (QED) is 0.268. The third-order valence-electron chi connectivity index (χ3n) is 2.58. The molecule has 0 aliphatic rings. The van der Waals surface area contributed by atoms with E-state index < -0.39 is 0 Å². The number of nitrogens with zero attached hydrogens (tertiary/aromatic N) is 1. The summed E-state index contributed by atoms with van der Waals surface area (Å²) in [6, 6.07) is 7.37. The highest BCUT2D eigenvalue weighted by Gasteiger charge is 1.98. The minimum absolute atomic E-state index is 0. The number of benzene rings is 1. The summed E-state index contributed by atoms with van der Waals surface area (Å²) in [6.07, 6.45) is 0.909. The Kier molecular flexibility index (Phi) is 13.4. The van der Waals surface area contributed by atoms with Gasteiger partial charge in [0.25, 0.3) is 0 Å². The number of hydrogen-bond acceptors (Lipinski definition) is 3. The first-order chi connectivity index (χ1) is 10.3. The van der Waals surface area contributed by atoms with Gasteiger partial charge in [0.15, 0.2) is 5.96 Å². The summed E-state index contributed by atoms with van der Waals surface area (Å²) in [4.78, 5) is 4.45. The van der Waals surface area contributed by atoms with Crippen molar-refractivity contribution in [2.24, 2.45) is 4.99 Å². The molecule has 0 heterocycles. The van der Waals surface area contributed by atoms with E-state index in [-0.39, 0.29) is 24.0 Å². The summed E-state index contributed by atoms with van der Waals surface area (Å²) < 4.78 is 10.6. The van der Waals surface area contributed by atoms with Crippen molar-refractivity contribution in [3.05, 3.63) is 29.3 Å². The van der Waals surface area contributed by atoms with E-state index in [9.17, 15) is 0 Å². The van der Waals surface area contributed by atoms with Gasteiger partial charge in [0.05, 0.1) is 6.54 Å². The molecule has 0 fully saturated rings. The number of nitrogens with one attached hydrogen (secondary N) is 2. The van der Waals surface area contributed by atoms with Gasteiger partial charge in [-0.1, -0.05) is 17.7 Å². The minimum Gasteiger partial charge on any atom is -0.492 e. The summed E-state index contributed by atoms with van der Waals surface area (Å²) in [5, 5.41) is 7.09. The van der Waals surface area contributed by atoms with Crippen LogP contribution in [0.15, 0.2) is 29.3 Å². The van der Waals surface area contributed by atoms with Crippen LogP contribution in [0.5, 0.6) is 5.75 Å². The molecule has 1 aromatic carbocycles. The van der Waals surface area contributed by atoms with Crippen molar-refractivity contribution in [2.75, 3.05) is 40.0 Å². The van der Waals surface area contributed by atoms with Crippen molar-refractivity contribution in [1.82, 2.24) is 10.6 Å². The van der Waals surface area contributed by atoms with Crippen molar-refractivity contribution in [3.8, 4) is 5.75 Å². The number of hydrogen-bond donors (Lipinski definition) is 2. The number of guanidine groups is 1. The van der Waals surface area contributed by atoms with Crippen molar-refractivity contribution in [3.63, 3.8) is 0 Å². The fourth-order valence-electron chi connectivity index (χ4n) is 1.64. The summed E-state index contributed by atoms with van der Waals surface area (Å²) in [5.74, 6) is 1.56. The molecule has 22 heavy (non-hydrogen) atoms. The van der Waals surface area contributed by atoms with Crippen LogP contribution in [0, 0.1) is 0 Å². The lowest BCUT2D eigenvalue weighted by atomic mass is 10.3. The molecule has 0 aliphatic heterocycles. The van der Waals surface area contributed by atoms with E-state index in [1.165, 1.54) is 0 Å². The molecule has 0 atom stereocenters. The molecule has 0 saturated carbocycles. The van der Waals surface area contributed by atoms with Gasteiger partial charge in [-0.15, -0.1) is 24.0 Å². The lowest BCUT2D eigenvalue weighted by molar-refractivity contribution is 0.197. The van der Waals surface area contributed by atoms with E-state index in [4.69, 9.17) is 21.1 Å². The summed E-state index contributed by atoms with van der Waals surface area (Å²) in [5.41, 5.74) is 0. The zero-order valence-electron chi connectivity index (χ0n) is 13.1. The molecule has 0 spiro atoms. The van der Waals surface area contributed by atoms with Gasteiger partial charge in [-0.25, -0.2) is 0 Å². The summed E-state index contributed by atoms with van der Waals surface area (Å²) in [6.45, 7) is 5.53. The molecule has 1 rings (SSSR count). The number of ether oxygens (including phenoxy) is 2. The first-order valence-corrected chi connectivity index (χ1v) is 7.53. The molecule has 0 radical (unpaired) electrons. The molecule has 0 bridgehead atoms. The third kappa shape index (κ3) is 10.1. The smallest absolute Gasteiger partial charge is 0.191 e. The molecule has 2 N–H and O–H groups in total. The minimum atomic E-state index is 0. The number of methoxy groups -OCH3 is 1. The van der Waals surface area contributed by atoms with Crippen molar-refractivity contribution in [2.45, 2.75) is 13.3 Å². The summed E-state index contributed by atoms with van der Waals surface area (Å²) >= 11 is 5.90. The average Bonchev–Trinajstić information content (AvgIpc) is 2.48. The molecule has 0 saturated heterocycles. The van der Waals surface area contributed by atoms with Crippen LogP contribution in [-0.4, -0.2) is 45.9 Å². The first-order valence-electron chi connectivity index (χ1n) is 7.15. The molecule has 7 heteroatoms. The van der Waals surface area contributed by atoms with Crippen LogP contribution in [0.4, 0.5) is 0 Å². The third-order valence-corrected chi connectivity index (χ3v) is 2.82. The maximum Gasteiger partial charge on any atom is 0.191 e. The largest absolute Gasteiger partial charge is 0.492 e. The normalized spacial score (nSPS) is 10.8. The predicted molar refractivity (Wildman–Crippen MR) is 103 cm³/mol. The van der Waals surface area contributed by atoms with Crippen LogP contribution >= 0.6 is 35.6 Å². The number of halogens is 2. The average molecular weight is 442 g/mol. The fraction of sp³-hybridized carbons (Fsp3) is 0.533. The second-order valence-corrected chi connectivity index (χ2v) is 4.78. The van der Waals surface area contributed by atoms with Gasteiger partial charge in [-0.3, -0.25) is 4.99 Å². The molecule has 0 aromatic heterocycles. The SMILES string of the molecule is CCNC(=NCCCOC)NCCOc1cccc(Cl)c1.I. The Morgan fingerprint density at radius 2 is 2.09 bits per heavy atom.